The van der Waals surface area contributed by atoms with E-state index in [0.717, 1.165) is 0 Å². The summed E-state index contributed by atoms with van der Waals surface area (Å²) >= 11 is 6.18. The van der Waals surface area contributed by atoms with Gasteiger partial charge in [0.25, 0.3) is 0 Å². The third-order valence-corrected chi connectivity index (χ3v) is 4.66. The fourth-order valence-electron chi connectivity index (χ4n) is 3.15. The second kappa shape index (κ2) is 7.08. The molecule has 0 saturated heterocycles. The summed E-state index contributed by atoms with van der Waals surface area (Å²) in [5.41, 5.74) is 1.45. The number of carbonyl (C=O) groups excluding carboxylic acids is 2. The predicted octanol–water partition coefficient (Wildman–Crippen LogP) is 3.42. The number of rotatable bonds is 3. The van der Waals surface area contributed by atoms with Crippen LogP contribution in [0.5, 0.6) is 11.5 Å². The van der Waals surface area contributed by atoms with Gasteiger partial charge in [-0.15, -0.1) is 0 Å². The summed E-state index contributed by atoms with van der Waals surface area (Å²) in [5, 5.41) is 2.94. The number of carbonyl (C=O) groups is 2. The zero-order valence-corrected chi connectivity index (χ0v) is 14.8. The first-order valence-electron chi connectivity index (χ1n) is 8.35. The Kier molecular flexibility index (Phi) is 4.61. The first-order chi connectivity index (χ1) is 13.0. The molecule has 2 aliphatic rings. The number of hydrogen-bond donors (Lipinski definition) is 1. The van der Waals surface area contributed by atoms with Crippen molar-refractivity contribution in [3.05, 3.63) is 52.3 Å². The molecule has 1 amide bonds. The van der Waals surface area contributed by atoms with E-state index in [-0.39, 0.29) is 24.6 Å². The average Bonchev–Trinajstić information content (AvgIpc) is 2.65. The average molecular weight is 392 g/mol. The monoisotopic (exact) mass is 391 g/mol. The van der Waals surface area contributed by atoms with E-state index < -0.39 is 17.7 Å². The van der Waals surface area contributed by atoms with Crippen molar-refractivity contribution in [2.45, 2.75) is 18.9 Å². The molecule has 0 spiro atoms. The van der Waals surface area contributed by atoms with E-state index in [1.54, 1.807) is 12.1 Å². The van der Waals surface area contributed by atoms with Crippen molar-refractivity contribution in [3.8, 4) is 11.5 Å². The summed E-state index contributed by atoms with van der Waals surface area (Å²) in [7, 11) is 0. The van der Waals surface area contributed by atoms with Gasteiger partial charge in [-0.25, -0.2) is 4.39 Å². The summed E-state index contributed by atoms with van der Waals surface area (Å²) in [6, 6.07) is 7.26. The van der Waals surface area contributed by atoms with Crippen LogP contribution in [0, 0.1) is 5.82 Å². The molecule has 2 aromatic carbocycles. The van der Waals surface area contributed by atoms with Gasteiger partial charge in [-0.2, -0.15) is 0 Å². The van der Waals surface area contributed by atoms with Crippen LogP contribution in [-0.4, -0.2) is 25.1 Å². The van der Waals surface area contributed by atoms with Crippen molar-refractivity contribution >= 4 is 29.2 Å². The van der Waals surface area contributed by atoms with Crippen LogP contribution in [0.4, 0.5) is 10.1 Å². The molecule has 0 radical (unpaired) electrons. The van der Waals surface area contributed by atoms with E-state index in [9.17, 15) is 14.0 Å². The molecule has 4 rings (SSSR count). The quantitative estimate of drug-likeness (QED) is 0.811. The van der Waals surface area contributed by atoms with Crippen LogP contribution in [0.2, 0.25) is 5.02 Å². The number of ether oxygens (including phenoxy) is 3. The zero-order valence-electron chi connectivity index (χ0n) is 14.1. The summed E-state index contributed by atoms with van der Waals surface area (Å²) < 4.78 is 29.7. The lowest BCUT2D eigenvalue weighted by Gasteiger charge is -2.24. The Hall–Kier alpha value is -2.80. The molecule has 0 saturated carbocycles. The van der Waals surface area contributed by atoms with Gasteiger partial charge >= 0.3 is 5.97 Å². The van der Waals surface area contributed by atoms with Gasteiger partial charge in [0.2, 0.25) is 5.91 Å². The molecular formula is C19H15ClFNO5. The second-order valence-electron chi connectivity index (χ2n) is 6.25. The molecule has 2 heterocycles. The maximum atomic E-state index is 13.4. The SMILES string of the molecule is O=C1CC(C(=O)OCc2cc(Cl)c3c(c2)OCCO3)c2ccc(F)cc2N1. The summed E-state index contributed by atoms with van der Waals surface area (Å²) in [5.74, 6) is -1.24. The first kappa shape index (κ1) is 17.6. The van der Waals surface area contributed by atoms with Crippen LogP contribution in [0.15, 0.2) is 30.3 Å². The molecule has 140 valence electrons. The number of esters is 1. The Morgan fingerprint density at radius 3 is 2.93 bits per heavy atom. The molecule has 6 nitrogen and oxygen atoms in total. The molecule has 8 heteroatoms. The van der Waals surface area contributed by atoms with Crippen LogP contribution in [0.25, 0.3) is 0 Å². The smallest absolute Gasteiger partial charge is 0.314 e. The second-order valence-corrected chi connectivity index (χ2v) is 6.65. The third-order valence-electron chi connectivity index (χ3n) is 4.38. The zero-order chi connectivity index (χ0) is 19.0. The number of benzene rings is 2. The van der Waals surface area contributed by atoms with Crippen LogP contribution in [-0.2, 0) is 20.9 Å². The van der Waals surface area contributed by atoms with E-state index in [1.165, 1.54) is 18.2 Å². The Bertz CT molecular complexity index is 933. The number of nitrogens with one attached hydrogen (secondary N) is 1. The highest BCUT2D eigenvalue weighted by molar-refractivity contribution is 6.32. The van der Waals surface area contributed by atoms with Gasteiger partial charge in [-0.1, -0.05) is 17.7 Å². The molecular weight excluding hydrogens is 377 g/mol. The lowest BCUT2D eigenvalue weighted by atomic mass is 9.90. The van der Waals surface area contributed by atoms with E-state index >= 15 is 0 Å². The molecule has 2 aromatic rings. The lowest BCUT2D eigenvalue weighted by Crippen LogP contribution is -2.28. The molecule has 0 aliphatic carbocycles. The van der Waals surface area contributed by atoms with Gasteiger partial charge in [-0.3, -0.25) is 9.59 Å². The van der Waals surface area contributed by atoms with Crippen molar-refractivity contribution in [2.24, 2.45) is 0 Å². The van der Waals surface area contributed by atoms with Crippen LogP contribution in [0.1, 0.15) is 23.5 Å². The highest BCUT2D eigenvalue weighted by Crippen LogP contribution is 2.39. The Balaban J connectivity index is 1.50. The first-order valence-corrected chi connectivity index (χ1v) is 8.73. The molecule has 0 bridgehead atoms. The van der Waals surface area contributed by atoms with E-state index in [1.807, 2.05) is 0 Å². The van der Waals surface area contributed by atoms with Crippen molar-refractivity contribution in [1.29, 1.82) is 0 Å². The van der Waals surface area contributed by atoms with E-state index in [2.05, 4.69) is 5.32 Å². The molecule has 1 N–H and O–H groups in total. The number of hydrogen-bond acceptors (Lipinski definition) is 5. The maximum absolute atomic E-state index is 13.4. The number of amides is 1. The van der Waals surface area contributed by atoms with Gasteiger partial charge in [-0.05, 0) is 35.4 Å². The maximum Gasteiger partial charge on any atom is 0.314 e. The number of anilines is 1. The van der Waals surface area contributed by atoms with Crippen molar-refractivity contribution in [1.82, 2.24) is 0 Å². The van der Waals surface area contributed by atoms with Crippen molar-refractivity contribution in [3.63, 3.8) is 0 Å². The highest BCUT2D eigenvalue weighted by atomic mass is 35.5. The largest absolute Gasteiger partial charge is 0.486 e. The third kappa shape index (κ3) is 3.55. The number of fused-ring (bicyclic) bond motifs is 2. The fourth-order valence-corrected chi connectivity index (χ4v) is 3.44. The van der Waals surface area contributed by atoms with Crippen molar-refractivity contribution in [2.75, 3.05) is 18.5 Å². The number of halogens is 2. The summed E-state index contributed by atoms with van der Waals surface area (Å²) in [6.45, 7) is 0.797. The normalized spacial score (nSPS) is 17.7. The molecule has 27 heavy (non-hydrogen) atoms. The molecule has 0 fully saturated rings. The summed E-state index contributed by atoms with van der Waals surface area (Å²) in [4.78, 5) is 24.4. The standard InChI is InChI=1S/C19H15ClFNO5/c20-14-5-10(6-16-18(14)26-4-3-25-16)9-27-19(24)13-8-17(23)22-15-7-11(21)1-2-12(13)15/h1-2,5-7,13H,3-4,8-9H2,(H,22,23). The topological polar surface area (TPSA) is 73.9 Å². The molecule has 2 aliphatic heterocycles. The van der Waals surface area contributed by atoms with Crippen LogP contribution < -0.4 is 14.8 Å². The van der Waals surface area contributed by atoms with Crippen molar-refractivity contribution < 1.29 is 28.2 Å². The Morgan fingerprint density at radius 1 is 1.26 bits per heavy atom. The minimum Gasteiger partial charge on any atom is -0.486 e. The van der Waals surface area contributed by atoms with Crippen LogP contribution >= 0.6 is 11.6 Å². The Labute approximate surface area is 159 Å². The molecule has 1 atom stereocenters. The van der Waals surface area contributed by atoms with Gasteiger partial charge in [0, 0.05) is 12.1 Å². The van der Waals surface area contributed by atoms with Gasteiger partial charge in [0.05, 0.1) is 10.9 Å². The van der Waals surface area contributed by atoms with Crippen LogP contribution in [0.3, 0.4) is 0 Å². The van der Waals surface area contributed by atoms with Gasteiger partial charge < -0.3 is 19.5 Å². The minimum atomic E-state index is -0.790. The minimum absolute atomic E-state index is 0.0379. The van der Waals surface area contributed by atoms with E-state index in [4.69, 9.17) is 25.8 Å². The van der Waals surface area contributed by atoms with E-state index in [0.29, 0.717) is 40.9 Å². The molecule has 0 aromatic heterocycles. The predicted molar refractivity (Wildman–Crippen MR) is 94.6 cm³/mol. The van der Waals surface area contributed by atoms with Gasteiger partial charge in [0.1, 0.15) is 25.6 Å². The summed E-state index contributed by atoms with van der Waals surface area (Å²) in [6.07, 6.45) is -0.0562. The van der Waals surface area contributed by atoms with Gasteiger partial charge in [0.15, 0.2) is 11.5 Å². The lowest BCUT2D eigenvalue weighted by molar-refractivity contribution is -0.148. The molecule has 1 unspecified atom stereocenters. The fraction of sp³-hybridized carbons (Fsp3) is 0.263. The highest BCUT2D eigenvalue weighted by Gasteiger charge is 2.32. The Morgan fingerprint density at radius 2 is 2.07 bits per heavy atom.